The maximum absolute atomic E-state index is 5.71. The fourth-order valence-electron chi connectivity index (χ4n) is 2.94. The summed E-state index contributed by atoms with van der Waals surface area (Å²) < 4.78 is 7.62. The topological polar surface area (TPSA) is 53.1 Å². The first-order valence-corrected chi connectivity index (χ1v) is 7.11. The second-order valence-electron chi connectivity index (χ2n) is 5.50. The van der Waals surface area contributed by atoms with Gasteiger partial charge in [-0.15, -0.1) is 0 Å². The van der Waals surface area contributed by atoms with Gasteiger partial charge in [0.2, 0.25) is 0 Å². The van der Waals surface area contributed by atoms with Crippen LogP contribution in [0.5, 0.6) is 0 Å². The van der Waals surface area contributed by atoms with E-state index in [2.05, 4.69) is 48.0 Å². The van der Waals surface area contributed by atoms with Gasteiger partial charge in [-0.1, -0.05) is 18.2 Å². The molecule has 4 nitrogen and oxygen atoms in total. The third kappa shape index (κ3) is 1.95. The van der Waals surface area contributed by atoms with Crippen LogP contribution in [0.1, 0.15) is 16.7 Å². The van der Waals surface area contributed by atoms with Gasteiger partial charge in [-0.25, -0.2) is 4.98 Å². The fourth-order valence-corrected chi connectivity index (χ4v) is 2.94. The first-order chi connectivity index (χ1) is 10.3. The summed E-state index contributed by atoms with van der Waals surface area (Å²) in [6, 6.07) is 12.7. The van der Waals surface area contributed by atoms with Gasteiger partial charge in [0.05, 0.1) is 24.2 Å². The first-order valence-electron chi connectivity index (χ1n) is 7.11. The summed E-state index contributed by atoms with van der Waals surface area (Å²) in [5.41, 5.74) is 12.6. The van der Waals surface area contributed by atoms with Gasteiger partial charge in [-0.3, -0.25) is 0 Å². The molecule has 106 valence electrons. The lowest BCUT2D eigenvalue weighted by Crippen LogP contribution is -1.96. The summed E-state index contributed by atoms with van der Waals surface area (Å²) in [6.45, 7) is 1.96. The van der Waals surface area contributed by atoms with Crippen LogP contribution in [0.4, 0.5) is 0 Å². The van der Waals surface area contributed by atoms with Crippen molar-refractivity contribution in [1.29, 1.82) is 0 Å². The predicted molar refractivity (Wildman–Crippen MR) is 82.5 cm³/mol. The van der Waals surface area contributed by atoms with Gasteiger partial charge >= 0.3 is 0 Å². The van der Waals surface area contributed by atoms with E-state index in [0.717, 1.165) is 34.6 Å². The Labute approximate surface area is 123 Å². The van der Waals surface area contributed by atoms with Crippen LogP contribution >= 0.6 is 0 Å². The van der Waals surface area contributed by atoms with Crippen LogP contribution in [0.2, 0.25) is 0 Å². The van der Waals surface area contributed by atoms with Crippen LogP contribution in [0.15, 0.2) is 36.4 Å². The second kappa shape index (κ2) is 4.69. The molecule has 4 rings (SSSR count). The molecule has 0 aliphatic carbocycles. The molecular formula is C17H17N3O. The van der Waals surface area contributed by atoms with E-state index in [0.29, 0.717) is 13.2 Å². The van der Waals surface area contributed by atoms with Gasteiger partial charge in [0, 0.05) is 19.2 Å². The molecule has 2 heterocycles. The van der Waals surface area contributed by atoms with E-state index in [1.54, 1.807) is 0 Å². The van der Waals surface area contributed by atoms with Crippen LogP contribution in [-0.2, 0) is 31.5 Å². The van der Waals surface area contributed by atoms with E-state index in [9.17, 15) is 0 Å². The number of aryl methyl sites for hydroxylation is 1. The monoisotopic (exact) mass is 279 g/mol. The van der Waals surface area contributed by atoms with E-state index in [4.69, 9.17) is 15.5 Å². The number of imidazole rings is 1. The molecule has 4 heteroatoms. The number of hydrogen-bond acceptors (Lipinski definition) is 3. The number of nitrogens with two attached hydrogens (primary N) is 1. The highest BCUT2D eigenvalue weighted by atomic mass is 16.5. The smallest absolute Gasteiger partial charge is 0.140 e. The van der Waals surface area contributed by atoms with Crippen molar-refractivity contribution in [2.45, 2.75) is 19.8 Å². The highest BCUT2D eigenvalue weighted by Gasteiger charge is 2.15. The van der Waals surface area contributed by atoms with Gasteiger partial charge in [-0.2, -0.15) is 0 Å². The zero-order chi connectivity index (χ0) is 14.4. The lowest BCUT2D eigenvalue weighted by molar-refractivity contribution is 0.134. The van der Waals surface area contributed by atoms with Crippen LogP contribution in [-0.4, -0.2) is 9.55 Å². The third-order valence-corrected chi connectivity index (χ3v) is 4.16. The number of fused-ring (bicyclic) bond motifs is 2. The van der Waals surface area contributed by atoms with Gasteiger partial charge in [0.15, 0.2) is 0 Å². The van der Waals surface area contributed by atoms with E-state index in [-0.39, 0.29) is 0 Å². The normalized spacial score (nSPS) is 13.8. The molecule has 2 aromatic carbocycles. The maximum Gasteiger partial charge on any atom is 0.140 e. The summed E-state index contributed by atoms with van der Waals surface area (Å²) in [5, 5.41) is 0. The Morgan fingerprint density at radius 1 is 1.14 bits per heavy atom. The minimum absolute atomic E-state index is 0.540. The number of hydrogen-bond donors (Lipinski definition) is 1. The highest BCUT2D eigenvalue weighted by Crippen LogP contribution is 2.28. The molecule has 0 unspecified atom stereocenters. The van der Waals surface area contributed by atoms with E-state index in [1.807, 2.05) is 0 Å². The zero-order valence-electron chi connectivity index (χ0n) is 12.0. The van der Waals surface area contributed by atoms with Gasteiger partial charge in [-0.05, 0) is 34.9 Å². The summed E-state index contributed by atoms with van der Waals surface area (Å²) in [7, 11) is 2.05. The van der Waals surface area contributed by atoms with Gasteiger partial charge < -0.3 is 15.0 Å². The van der Waals surface area contributed by atoms with E-state index < -0.39 is 0 Å². The van der Waals surface area contributed by atoms with E-state index >= 15 is 0 Å². The van der Waals surface area contributed by atoms with Crippen molar-refractivity contribution < 1.29 is 4.74 Å². The highest BCUT2D eigenvalue weighted by molar-refractivity contribution is 5.81. The number of ether oxygens (including phenoxy) is 1. The number of nitrogens with zero attached hydrogens (tertiary/aromatic N) is 2. The number of benzene rings is 2. The van der Waals surface area contributed by atoms with Crippen LogP contribution < -0.4 is 5.73 Å². The molecule has 0 bridgehead atoms. The molecular weight excluding hydrogens is 262 g/mol. The predicted octanol–water partition coefficient (Wildman–Crippen LogP) is 2.73. The van der Waals surface area contributed by atoms with Gasteiger partial charge in [0.25, 0.3) is 0 Å². The molecule has 3 aromatic rings. The van der Waals surface area contributed by atoms with Crippen LogP contribution in [0, 0.1) is 0 Å². The Kier molecular flexibility index (Phi) is 2.80. The Bertz CT molecular complexity index is 835. The molecule has 2 N–H and O–H groups in total. The zero-order valence-corrected chi connectivity index (χ0v) is 12.0. The molecule has 0 saturated heterocycles. The molecule has 1 aromatic heterocycles. The Balaban J connectivity index is 1.88. The molecule has 21 heavy (non-hydrogen) atoms. The number of rotatable bonds is 2. The minimum Gasteiger partial charge on any atom is -0.372 e. The van der Waals surface area contributed by atoms with Crippen molar-refractivity contribution in [3.8, 4) is 11.4 Å². The van der Waals surface area contributed by atoms with Crippen molar-refractivity contribution >= 4 is 11.0 Å². The van der Waals surface area contributed by atoms with Crippen molar-refractivity contribution in [3.05, 3.63) is 53.1 Å². The molecule has 0 saturated carbocycles. The standard InChI is InChI=1S/C17H17N3O/c1-20-16-5-2-11(8-18)6-15(16)19-17(20)12-3-4-13-9-21-10-14(13)7-12/h2-7H,8-10,18H2,1H3. The molecule has 1 aliphatic heterocycles. The Morgan fingerprint density at radius 2 is 2.00 bits per heavy atom. The lowest BCUT2D eigenvalue weighted by Gasteiger charge is -2.04. The molecule has 0 radical (unpaired) electrons. The summed E-state index contributed by atoms with van der Waals surface area (Å²) >= 11 is 0. The molecule has 0 atom stereocenters. The first kappa shape index (κ1) is 12.6. The average molecular weight is 279 g/mol. The summed E-state index contributed by atoms with van der Waals surface area (Å²) in [4.78, 5) is 4.78. The molecule has 0 amide bonds. The fraction of sp³-hybridized carbons (Fsp3) is 0.235. The minimum atomic E-state index is 0.540. The Morgan fingerprint density at radius 3 is 2.86 bits per heavy atom. The third-order valence-electron chi connectivity index (χ3n) is 4.16. The summed E-state index contributed by atoms with van der Waals surface area (Å²) in [6.07, 6.45) is 0. The van der Waals surface area contributed by atoms with Crippen LogP contribution in [0.3, 0.4) is 0 Å². The second-order valence-corrected chi connectivity index (χ2v) is 5.50. The van der Waals surface area contributed by atoms with Crippen molar-refractivity contribution in [2.75, 3.05) is 0 Å². The maximum atomic E-state index is 5.71. The molecule has 0 spiro atoms. The van der Waals surface area contributed by atoms with E-state index in [1.165, 1.54) is 11.1 Å². The largest absolute Gasteiger partial charge is 0.372 e. The SMILES string of the molecule is Cn1c(-c2ccc3c(c2)COC3)nc2cc(CN)ccc21. The number of aromatic nitrogens is 2. The quantitative estimate of drug-likeness (QED) is 0.784. The Hall–Kier alpha value is -2.17. The van der Waals surface area contributed by atoms with Crippen LogP contribution in [0.25, 0.3) is 22.4 Å². The van der Waals surface area contributed by atoms with Crippen molar-refractivity contribution in [3.63, 3.8) is 0 Å². The lowest BCUT2D eigenvalue weighted by atomic mass is 10.1. The average Bonchev–Trinajstić information content (AvgIpc) is 3.10. The molecule has 0 fully saturated rings. The van der Waals surface area contributed by atoms with Gasteiger partial charge in [0.1, 0.15) is 5.82 Å². The molecule has 1 aliphatic rings. The summed E-state index contributed by atoms with van der Waals surface area (Å²) in [5.74, 6) is 0.980. The van der Waals surface area contributed by atoms with Crippen molar-refractivity contribution in [1.82, 2.24) is 9.55 Å². The van der Waals surface area contributed by atoms with Crippen molar-refractivity contribution in [2.24, 2.45) is 12.8 Å².